The van der Waals surface area contributed by atoms with Gasteiger partial charge in [-0.15, -0.1) is 15.3 Å². The van der Waals surface area contributed by atoms with Crippen molar-refractivity contribution in [3.05, 3.63) is 47.1 Å². The van der Waals surface area contributed by atoms with Crippen molar-refractivity contribution in [2.45, 2.75) is 11.9 Å². The largest absolute Gasteiger partial charge is 0.419 e. The SMILES string of the molecule is Clc1ccccc1-c1nnc(Cn2cc(CBr)nn2)o1. The first-order valence-electron chi connectivity index (χ1n) is 5.78. The molecular weight excluding hydrogens is 346 g/mol. The van der Waals surface area contributed by atoms with Crippen LogP contribution in [0.3, 0.4) is 0 Å². The van der Waals surface area contributed by atoms with Crippen LogP contribution in [-0.4, -0.2) is 25.2 Å². The average molecular weight is 355 g/mol. The highest BCUT2D eigenvalue weighted by atomic mass is 79.9. The molecule has 0 spiro atoms. The van der Waals surface area contributed by atoms with Crippen molar-refractivity contribution in [1.82, 2.24) is 25.2 Å². The van der Waals surface area contributed by atoms with Gasteiger partial charge in [-0.2, -0.15) is 0 Å². The molecule has 0 unspecified atom stereocenters. The molecule has 3 aromatic rings. The van der Waals surface area contributed by atoms with Crippen molar-refractivity contribution in [2.24, 2.45) is 0 Å². The number of hydrogen-bond acceptors (Lipinski definition) is 5. The summed E-state index contributed by atoms with van der Waals surface area (Å²) in [6, 6.07) is 7.32. The van der Waals surface area contributed by atoms with Crippen LogP contribution in [0.15, 0.2) is 34.9 Å². The van der Waals surface area contributed by atoms with Gasteiger partial charge in [0.15, 0.2) is 0 Å². The van der Waals surface area contributed by atoms with Gasteiger partial charge < -0.3 is 4.42 Å². The Kier molecular flexibility index (Phi) is 3.79. The molecule has 0 aliphatic carbocycles. The topological polar surface area (TPSA) is 69.6 Å². The zero-order valence-electron chi connectivity index (χ0n) is 10.2. The first-order valence-corrected chi connectivity index (χ1v) is 7.28. The normalized spacial score (nSPS) is 10.9. The molecule has 6 nitrogen and oxygen atoms in total. The van der Waals surface area contributed by atoms with E-state index >= 15 is 0 Å². The zero-order valence-corrected chi connectivity index (χ0v) is 12.5. The highest BCUT2D eigenvalue weighted by Crippen LogP contribution is 2.26. The van der Waals surface area contributed by atoms with Gasteiger partial charge in [0.1, 0.15) is 6.54 Å². The standard InChI is InChI=1S/C12H9BrClN5O/c13-5-8-6-19(18-15-8)7-11-16-17-12(20-11)9-3-1-2-4-10(9)14/h1-4,6H,5,7H2. The van der Waals surface area contributed by atoms with Crippen molar-refractivity contribution >= 4 is 27.5 Å². The van der Waals surface area contributed by atoms with Crippen LogP contribution in [0.2, 0.25) is 5.02 Å². The highest BCUT2D eigenvalue weighted by Gasteiger charge is 2.12. The van der Waals surface area contributed by atoms with E-state index in [0.717, 1.165) is 5.69 Å². The molecule has 1 aromatic carbocycles. The molecule has 2 aromatic heterocycles. The molecule has 20 heavy (non-hydrogen) atoms. The molecule has 0 saturated carbocycles. The molecule has 8 heteroatoms. The predicted octanol–water partition coefficient (Wildman–Crippen LogP) is 2.92. The third-order valence-corrected chi connectivity index (χ3v) is 3.50. The summed E-state index contributed by atoms with van der Waals surface area (Å²) >= 11 is 9.41. The maximum absolute atomic E-state index is 6.09. The van der Waals surface area contributed by atoms with Gasteiger partial charge in [0, 0.05) is 11.5 Å². The Balaban J connectivity index is 1.82. The molecule has 2 heterocycles. The van der Waals surface area contributed by atoms with Crippen molar-refractivity contribution in [3.63, 3.8) is 0 Å². The minimum Gasteiger partial charge on any atom is -0.419 e. The Morgan fingerprint density at radius 2 is 2.05 bits per heavy atom. The number of nitrogens with zero attached hydrogens (tertiary/aromatic N) is 5. The second kappa shape index (κ2) is 5.72. The Morgan fingerprint density at radius 1 is 1.20 bits per heavy atom. The first kappa shape index (κ1) is 13.3. The molecule has 0 bridgehead atoms. The number of benzene rings is 1. The van der Waals surface area contributed by atoms with Gasteiger partial charge in [-0.25, -0.2) is 4.68 Å². The summed E-state index contributed by atoms with van der Waals surface area (Å²) in [4.78, 5) is 0. The Bertz CT molecular complexity index is 726. The van der Waals surface area contributed by atoms with Gasteiger partial charge >= 0.3 is 0 Å². The molecule has 102 valence electrons. The van der Waals surface area contributed by atoms with Crippen LogP contribution in [0.25, 0.3) is 11.5 Å². The summed E-state index contributed by atoms with van der Waals surface area (Å²) in [7, 11) is 0. The Hall–Kier alpha value is -1.73. The third-order valence-electron chi connectivity index (χ3n) is 2.59. The molecule has 0 N–H and O–H groups in total. The molecular formula is C12H9BrClN5O. The average Bonchev–Trinajstić information content (AvgIpc) is 3.09. The number of rotatable bonds is 4. The van der Waals surface area contributed by atoms with Crippen LogP contribution in [-0.2, 0) is 11.9 Å². The third kappa shape index (κ3) is 2.73. The van der Waals surface area contributed by atoms with E-state index in [9.17, 15) is 0 Å². The van der Waals surface area contributed by atoms with E-state index in [1.165, 1.54) is 0 Å². The van der Waals surface area contributed by atoms with E-state index in [0.29, 0.717) is 34.2 Å². The van der Waals surface area contributed by atoms with Crippen LogP contribution in [0.4, 0.5) is 0 Å². The lowest BCUT2D eigenvalue weighted by Gasteiger charge is -1.97. The molecule has 0 atom stereocenters. The minimum atomic E-state index is 0.372. The number of halogens is 2. The van der Waals surface area contributed by atoms with E-state index in [1.807, 2.05) is 24.4 Å². The summed E-state index contributed by atoms with van der Waals surface area (Å²) in [5.74, 6) is 0.845. The zero-order chi connectivity index (χ0) is 13.9. The summed E-state index contributed by atoms with van der Waals surface area (Å²) in [6.45, 7) is 0.372. The number of alkyl halides is 1. The van der Waals surface area contributed by atoms with Gasteiger partial charge in [0.2, 0.25) is 11.8 Å². The van der Waals surface area contributed by atoms with Gasteiger partial charge in [-0.1, -0.05) is 44.9 Å². The van der Waals surface area contributed by atoms with E-state index in [1.54, 1.807) is 10.7 Å². The number of hydrogen-bond donors (Lipinski definition) is 0. The maximum Gasteiger partial charge on any atom is 0.249 e. The fraction of sp³-hybridized carbons (Fsp3) is 0.167. The molecule has 0 aliphatic rings. The van der Waals surface area contributed by atoms with Gasteiger partial charge in [0.25, 0.3) is 0 Å². The van der Waals surface area contributed by atoms with E-state index in [2.05, 4.69) is 36.4 Å². The molecule has 0 radical (unpaired) electrons. The van der Waals surface area contributed by atoms with Crippen LogP contribution < -0.4 is 0 Å². The Morgan fingerprint density at radius 3 is 2.80 bits per heavy atom. The first-order chi connectivity index (χ1) is 9.76. The van der Waals surface area contributed by atoms with Gasteiger partial charge in [-0.3, -0.25) is 0 Å². The van der Waals surface area contributed by atoms with E-state index < -0.39 is 0 Å². The quantitative estimate of drug-likeness (QED) is 0.674. The van der Waals surface area contributed by atoms with E-state index in [4.69, 9.17) is 16.0 Å². The van der Waals surface area contributed by atoms with Crippen LogP contribution in [0.5, 0.6) is 0 Å². The molecule has 3 rings (SSSR count). The van der Waals surface area contributed by atoms with Gasteiger partial charge in [-0.05, 0) is 12.1 Å². The predicted molar refractivity (Wildman–Crippen MR) is 76.5 cm³/mol. The summed E-state index contributed by atoms with van der Waals surface area (Å²) < 4.78 is 7.23. The van der Waals surface area contributed by atoms with Crippen molar-refractivity contribution < 1.29 is 4.42 Å². The molecule has 0 aliphatic heterocycles. The summed E-state index contributed by atoms with van der Waals surface area (Å²) in [6.07, 6.45) is 1.81. The fourth-order valence-corrected chi connectivity index (χ4v) is 2.15. The Labute approximate surface area is 127 Å². The van der Waals surface area contributed by atoms with Crippen molar-refractivity contribution in [2.75, 3.05) is 0 Å². The van der Waals surface area contributed by atoms with Crippen LogP contribution >= 0.6 is 27.5 Å². The van der Waals surface area contributed by atoms with Crippen LogP contribution in [0, 0.1) is 0 Å². The van der Waals surface area contributed by atoms with Crippen molar-refractivity contribution in [3.8, 4) is 11.5 Å². The highest BCUT2D eigenvalue weighted by molar-refractivity contribution is 9.08. The molecule has 0 saturated heterocycles. The summed E-state index contributed by atoms with van der Waals surface area (Å²) in [5.41, 5.74) is 1.56. The summed E-state index contributed by atoms with van der Waals surface area (Å²) in [5, 5.41) is 17.1. The minimum absolute atomic E-state index is 0.372. The lowest BCUT2D eigenvalue weighted by molar-refractivity contribution is 0.469. The second-order valence-corrected chi connectivity index (χ2v) is 4.99. The van der Waals surface area contributed by atoms with Crippen LogP contribution in [0.1, 0.15) is 11.6 Å². The molecule has 0 fully saturated rings. The smallest absolute Gasteiger partial charge is 0.249 e. The monoisotopic (exact) mass is 353 g/mol. The number of aromatic nitrogens is 5. The maximum atomic E-state index is 6.09. The molecule has 0 amide bonds. The van der Waals surface area contributed by atoms with Crippen molar-refractivity contribution in [1.29, 1.82) is 0 Å². The lowest BCUT2D eigenvalue weighted by Crippen LogP contribution is -2.00. The van der Waals surface area contributed by atoms with E-state index in [-0.39, 0.29) is 0 Å². The lowest BCUT2D eigenvalue weighted by atomic mass is 10.2. The fourth-order valence-electron chi connectivity index (χ4n) is 1.68. The second-order valence-electron chi connectivity index (χ2n) is 4.02. The van der Waals surface area contributed by atoms with Gasteiger partial charge in [0.05, 0.1) is 16.3 Å².